The highest BCUT2D eigenvalue weighted by molar-refractivity contribution is 7.47. The number of phosphoric ester groups is 2. The Labute approximate surface area is 245 Å². The van der Waals surface area contributed by atoms with Gasteiger partial charge in [0.25, 0.3) is 5.56 Å². The quantitative estimate of drug-likeness (QED) is 0.182. The Bertz CT molecular complexity index is 1890. The van der Waals surface area contributed by atoms with E-state index in [0.717, 1.165) is 6.33 Å². The molecule has 4 unspecified atom stereocenters. The van der Waals surface area contributed by atoms with Crippen LogP contribution in [0.2, 0.25) is 0 Å². The molecule has 19 nitrogen and oxygen atoms in total. The number of imidazole rings is 2. The maximum atomic E-state index is 15.9. The van der Waals surface area contributed by atoms with E-state index in [0.29, 0.717) is 0 Å². The van der Waals surface area contributed by atoms with E-state index in [9.17, 15) is 28.8 Å². The molecule has 0 aromatic carbocycles. The predicted molar refractivity (Wildman–Crippen MR) is 143 cm³/mol. The van der Waals surface area contributed by atoms with Gasteiger partial charge in [-0.15, -0.1) is 0 Å². The molecule has 4 aromatic heterocycles. The van der Waals surface area contributed by atoms with Gasteiger partial charge in [-0.2, -0.15) is 0 Å². The van der Waals surface area contributed by atoms with Crippen molar-refractivity contribution in [2.75, 3.05) is 18.9 Å². The Morgan fingerprint density at radius 2 is 1.66 bits per heavy atom. The number of pyridine rings is 1. The van der Waals surface area contributed by atoms with E-state index >= 15 is 4.39 Å². The third-order valence-corrected chi connectivity index (χ3v) is 9.83. The Morgan fingerprint density at radius 3 is 2.45 bits per heavy atom. The number of H-pyrrole nitrogens is 1. The first-order valence-corrected chi connectivity index (χ1v) is 16.2. The number of nitrogens with zero attached hydrogens (tertiary/aromatic N) is 6. The van der Waals surface area contributed by atoms with Crippen LogP contribution in [-0.2, 0) is 32.0 Å². The van der Waals surface area contributed by atoms with Crippen LogP contribution in [0.5, 0.6) is 0 Å². The molecule has 3 aliphatic rings. The number of alkyl halides is 1. The van der Waals surface area contributed by atoms with E-state index in [4.69, 9.17) is 28.6 Å². The van der Waals surface area contributed by atoms with Crippen LogP contribution in [0.15, 0.2) is 36.0 Å². The lowest BCUT2D eigenvalue weighted by Gasteiger charge is -2.28. The van der Waals surface area contributed by atoms with Crippen LogP contribution in [0.4, 0.5) is 10.1 Å². The first kappa shape index (κ1) is 29.5. The van der Waals surface area contributed by atoms with Gasteiger partial charge in [0.2, 0.25) is 0 Å². The second-order valence-electron chi connectivity index (χ2n) is 10.5. The fraction of sp³-hybridized carbons (Fsp3) is 0.500. The van der Waals surface area contributed by atoms with Crippen molar-refractivity contribution in [3.63, 3.8) is 0 Å². The van der Waals surface area contributed by atoms with Crippen molar-refractivity contribution in [2.45, 2.75) is 49.3 Å². The summed E-state index contributed by atoms with van der Waals surface area (Å²) in [7, 11) is -9.99. The molecule has 2 saturated heterocycles. The zero-order chi connectivity index (χ0) is 31.0. The number of aromatic nitrogens is 7. The van der Waals surface area contributed by atoms with Crippen molar-refractivity contribution in [1.29, 1.82) is 0 Å². The molecular formula is C22H25FN8O11P2. The second kappa shape index (κ2) is 10.7. The Hall–Kier alpha value is -3.16. The summed E-state index contributed by atoms with van der Waals surface area (Å²) < 4.78 is 71.2. The fourth-order valence-corrected chi connectivity index (χ4v) is 7.82. The third kappa shape index (κ3) is 5.06. The van der Waals surface area contributed by atoms with Crippen LogP contribution in [0.1, 0.15) is 18.7 Å². The minimum atomic E-state index is -5.01. The fourth-order valence-electron chi connectivity index (χ4n) is 5.82. The molecule has 22 heteroatoms. The number of anilines is 1. The maximum absolute atomic E-state index is 15.9. The molecule has 44 heavy (non-hydrogen) atoms. The molecule has 10 atom stereocenters. The van der Waals surface area contributed by atoms with Gasteiger partial charge in [0.1, 0.15) is 29.9 Å². The summed E-state index contributed by atoms with van der Waals surface area (Å²) in [5.41, 5.74) is 6.16. The molecule has 7 rings (SSSR count). The van der Waals surface area contributed by atoms with Crippen molar-refractivity contribution >= 4 is 43.7 Å². The first-order valence-electron chi connectivity index (χ1n) is 13.2. The number of aliphatic hydroxyl groups excluding tert-OH is 1. The van der Waals surface area contributed by atoms with Crippen LogP contribution in [0.25, 0.3) is 22.3 Å². The van der Waals surface area contributed by atoms with Crippen LogP contribution in [0.3, 0.4) is 0 Å². The summed E-state index contributed by atoms with van der Waals surface area (Å²) in [4.78, 5) is 52.1. The highest BCUT2D eigenvalue weighted by Gasteiger charge is 2.54. The number of ether oxygens (including phenoxy) is 1. The van der Waals surface area contributed by atoms with Crippen LogP contribution >= 0.6 is 15.6 Å². The number of hydrogen-bond donors (Lipinski definition) is 5. The van der Waals surface area contributed by atoms with Gasteiger partial charge >= 0.3 is 15.6 Å². The molecule has 0 radical (unpaired) electrons. The number of halogens is 1. The van der Waals surface area contributed by atoms with Gasteiger partial charge in [0.05, 0.1) is 43.9 Å². The summed E-state index contributed by atoms with van der Waals surface area (Å²) in [6.45, 7) is -1.45. The average molecular weight is 658 g/mol. The zero-order valence-corrected chi connectivity index (χ0v) is 24.1. The molecule has 0 spiro atoms. The lowest BCUT2D eigenvalue weighted by molar-refractivity contribution is -0.0592. The molecule has 6 heterocycles. The average Bonchev–Trinajstić information content (AvgIpc) is 3.73. The maximum Gasteiger partial charge on any atom is 0.472 e. The number of fused-ring (bicyclic) bond motifs is 4. The lowest BCUT2D eigenvalue weighted by Crippen LogP contribution is -2.36. The zero-order valence-electron chi connectivity index (χ0n) is 22.3. The van der Waals surface area contributed by atoms with E-state index < -0.39 is 83.2 Å². The molecule has 1 aliphatic carbocycles. The van der Waals surface area contributed by atoms with E-state index in [1.807, 2.05) is 0 Å². The van der Waals surface area contributed by atoms with E-state index in [2.05, 4.69) is 24.9 Å². The largest absolute Gasteiger partial charge is 0.472 e. The summed E-state index contributed by atoms with van der Waals surface area (Å²) in [5.74, 6) is -0.986. The highest BCUT2D eigenvalue weighted by atomic mass is 31.2. The summed E-state index contributed by atoms with van der Waals surface area (Å²) in [6.07, 6.45) is -5.01. The van der Waals surface area contributed by atoms with Gasteiger partial charge in [-0.25, -0.2) is 33.5 Å². The predicted octanol–water partition coefficient (Wildman–Crippen LogP) is 0.322. The van der Waals surface area contributed by atoms with Gasteiger partial charge in [0, 0.05) is 12.1 Å². The summed E-state index contributed by atoms with van der Waals surface area (Å²) in [5, 5.41) is 11.2. The Kier molecular flexibility index (Phi) is 7.21. The minimum Gasteiger partial charge on any atom is -0.397 e. The Balaban J connectivity index is 1.17. The topological polar surface area (TPSA) is 261 Å². The molecule has 0 bridgehead atoms. The number of aliphatic hydroxyl groups is 1. The SMILES string of the molecule is Nc1ccnc2c1ncn2[C@@H]1O[C@@H]2COP(=O)(O)O[C@@H]3C(O)[C@H](n4cnc5c(=O)[nH]cnc54)C[C@@H]3COP(=O)(O)O[C@@H]2C1F. The number of rotatable bonds is 2. The smallest absolute Gasteiger partial charge is 0.397 e. The number of aromatic amines is 1. The first-order chi connectivity index (χ1) is 20.9. The highest BCUT2D eigenvalue weighted by Crippen LogP contribution is 2.55. The van der Waals surface area contributed by atoms with Gasteiger partial charge in [-0.05, 0) is 12.5 Å². The number of hydrogen-bond acceptors (Lipinski definition) is 14. The van der Waals surface area contributed by atoms with Crippen molar-refractivity contribution in [1.82, 2.24) is 34.1 Å². The number of phosphoric acid groups is 2. The number of nitrogens with one attached hydrogen (secondary N) is 1. The molecule has 2 aliphatic heterocycles. The molecule has 3 fully saturated rings. The third-order valence-electron chi connectivity index (χ3n) is 7.86. The van der Waals surface area contributed by atoms with Gasteiger partial charge in [-0.3, -0.25) is 27.5 Å². The molecule has 0 amide bonds. The number of nitrogen functional groups attached to an aromatic ring is 1. The molecule has 236 valence electrons. The molecular weight excluding hydrogens is 633 g/mol. The van der Waals surface area contributed by atoms with E-state index in [1.165, 1.54) is 34.1 Å². The van der Waals surface area contributed by atoms with Gasteiger partial charge in [-0.1, -0.05) is 0 Å². The molecule has 1 saturated carbocycles. The number of nitrogens with two attached hydrogens (primary N) is 1. The molecule has 4 aromatic rings. The summed E-state index contributed by atoms with van der Waals surface area (Å²) >= 11 is 0. The van der Waals surface area contributed by atoms with Crippen molar-refractivity contribution in [3.05, 3.63) is 41.6 Å². The molecule has 6 N–H and O–H groups in total. The van der Waals surface area contributed by atoms with Crippen molar-refractivity contribution in [2.24, 2.45) is 5.92 Å². The van der Waals surface area contributed by atoms with Crippen LogP contribution in [0, 0.1) is 5.92 Å². The van der Waals surface area contributed by atoms with Crippen molar-refractivity contribution in [3.8, 4) is 0 Å². The second-order valence-corrected chi connectivity index (χ2v) is 13.3. The van der Waals surface area contributed by atoms with Gasteiger partial charge in [0.15, 0.2) is 29.2 Å². The van der Waals surface area contributed by atoms with Crippen molar-refractivity contribution < 1.29 is 51.2 Å². The summed E-state index contributed by atoms with van der Waals surface area (Å²) in [6, 6.07) is 0.581. The minimum absolute atomic E-state index is 0.0132. The van der Waals surface area contributed by atoms with E-state index in [-0.39, 0.29) is 34.4 Å². The van der Waals surface area contributed by atoms with Gasteiger partial charge < -0.3 is 34.9 Å². The lowest BCUT2D eigenvalue weighted by atomic mass is 10.1. The van der Waals surface area contributed by atoms with Crippen LogP contribution in [-0.4, -0.2) is 92.7 Å². The van der Waals surface area contributed by atoms with Crippen LogP contribution < -0.4 is 11.3 Å². The normalized spacial score (nSPS) is 38.3. The standard InChI is InChI=1S/C22H25FN8O11P2/c23-13-18-12(40-22(13)31-8-28-14-10(24)1-2-25-19(14)31)5-39-44(36,37)41-17-9(4-38-43(34,35)42-18)3-11(16(17)32)30-7-29-15-20(30)26-6-27-21(15)33/h1-2,6-9,11-13,16-18,22,32H,3-5H2,(H2,24,25)(H,34,35)(H,36,37)(H,26,27,33)/t9-,11-,12-,13?,16?,17+,18+,22-/m1/s1. The monoisotopic (exact) mass is 658 g/mol. The van der Waals surface area contributed by atoms with E-state index in [1.54, 1.807) is 0 Å². The Morgan fingerprint density at radius 1 is 0.977 bits per heavy atom.